The molecule has 0 aromatic carbocycles. The molecule has 0 saturated heterocycles. The summed E-state index contributed by atoms with van der Waals surface area (Å²) in [7, 11) is 0. The van der Waals surface area contributed by atoms with E-state index in [1.165, 1.54) is 276 Å². The molecule has 0 fully saturated rings. The van der Waals surface area contributed by atoms with Gasteiger partial charge < -0.3 is 20.3 Å². The summed E-state index contributed by atoms with van der Waals surface area (Å²) >= 11 is 0. The Morgan fingerprint density at radius 1 is 0.403 bits per heavy atom. The minimum atomic E-state index is -0.841. The van der Waals surface area contributed by atoms with Crippen molar-refractivity contribution in [2.45, 2.75) is 353 Å². The monoisotopic (exact) mass is 946 g/mol. The number of rotatable bonds is 57. The molecule has 0 aromatic heterocycles. The fraction of sp³-hybridized carbons (Fsp3) is 0.934. The molecule has 3 N–H and O–H groups in total. The molecule has 0 bridgehead atoms. The van der Waals surface area contributed by atoms with Crippen LogP contribution in [0, 0.1) is 0 Å². The van der Waals surface area contributed by atoms with Gasteiger partial charge in [0.25, 0.3) is 0 Å². The van der Waals surface area contributed by atoms with Crippen LogP contribution >= 0.6 is 0 Å². The normalized spacial score (nSPS) is 12.6. The maximum absolute atomic E-state index is 12.4. The maximum Gasteiger partial charge on any atom is 0.305 e. The van der Waals surface area contributed by atoms with Crippen LogP contribution < -0.4 is 5.32 Å². The number of esters is 1. The molecule has 0 radical (unpaired) electrons. The van der Waals surface area contributed by atoms with Crippen molar-refractivity contribution in [2.24, 2.45) is 0 Å². The third kappa shape index (κ3) is 53.8. The van der Waals surface area contributed by atoms with Crippen LogP contribution in [0.4, 0.5) is 0 Å². The summed E-state index contributed by atoms with van der Waals surface area (Å²) in [5.41, 5.74) is 0. The number of unbranched alkanes of at least 4 members (excludes halogenated alkanes) is 46. The molecule has 6 nitrogen and oxygen atoms in total. The van der Waals surface area contributed by atoms with Crippen LogP contribution in [0.25, 0.3) is 0 Å². The fourth-order valence-electron chi connectivity index (χ4n) is 9.64. The molecule has 0 rings (SSSR count). The average Bonchev–Trinajstić information content (AvgIpc) is 3.33. The Labute approximate surface area is 419 Å². The van der Waals surface area contributed by atoms with Gasteiger partial charge in [-0.25, -0.2) is 0 Å². The second-order valence-electron chi connectivity index (χ2n) is 21.0. The molecule has 0 saturated carbocycles. The highest BCUT2D eigenvalue weighted by atomic mass is 16.5. The number of carbonyl (C=O) groups excluding carboxylic acids is 2. The van der Waals surface area contributed by atoms with Gasteiger partial charge in [0, 0.05) is 12.8 Å². The predicted molar refractivity (Wildman–Crippen MR) is 292 cm³/mol. The molecular formula is C61H119NO5. The first-order valence-corrected chi connectivity index (χ1v) is 30.5. The number of carbonyl (C=O) groups is 2. The number of hydrogen-bond acceptors (Lipinski definition) is 5. The topological polar surface area (TPSA) is 95.9 Å². The van der Waals surface area contributed by atoms with E-state index in [1.54, 1.807) is 6.08 Å². The van der Waals surface area contributed by atoms with Gasteiger partial charge in [-0.05, 0) is 32.1 Å². The van der Waals surface area contributed by atoms with E-state index in [0.717, 1.165) is 38.5 Å². The molecule has 0 aliphatic rings. The van der Waals surface area contributed by atoms with Gasteiger partial charge in [-0.3, -0.25) is 9.59 Å². The van der Waals surface area contributed by atoms with Gasteiger partial charge in [0.2, 0.25) is 5.91 Å². The second-order valence-corrected chi connectivity index (χ2v) is 21.0. The number of ether oxygens (including phenoxy) is 1. The number of hydrogen-bond donors (Lipinski definition) is 3. The second kappa shape index (κ2) is 57.2. The smallest absolute Gasteiger partial charge is 0.305 e. The van der Waals surface area contributed by atoms with Crippen LogP contribution in [0.5, 0.6) is 0 Å². The van der Waals surface area contributed by atoms with Crippen molar-refractivity contribution < 1.29 is 24.5 Å². The molecule has 398 valence electrons. The van der Waals surface area contributed by atoms with Crippen molar-refractivity contribution in [3.8, 4) is 0 Å². The largest absolute Gasteiger partial charge is 0.466 e. The number of nitrogens with one attached hydrogen (secondary N) is 1. The van der Waals surface area contributed by atoms with Gasteiger partial charge >= 0.3 is 5.97 Å². The van der Waals surface area contributed by atoms with Crippen LogP contribution in [0.2, 0.25) is 0 Å². The predicted octanol–water partition coefficient (Wildman–Crippen LogP) is 18.9. The molecule has 0 heterocycles. The molecule has 1 amide bonds. The molecule has 0 aromatic rings. The Bertz CT molecular complexity index is 1000. The van der Waals surface area contributed by atoms with Crippen LogP contribution in [-0.2, 0) is 14.3 Å². The zero-order chi connectivity index (χ0) is 48.6. The fourth-order valence-corrected chi connectivity index (χ4v) is 9.64. The first-order valence-electron chi connectivity index (χ1n) is 30.5. The lowest BCUT2D eigenvalue weighted by Gasteiger charge is -2.20. The van der Waals surface area contributed by atoms with Crippen molar-refractivity contribution in [1.82, 2.24) is 5.32 Å². The van der Waals surface area contributed by atoms with E-state index in [9.17, 15) is 19.8 Å². The Balaban J connectivity index is 3.36. The van der Waals surface area contributed by atoms with Gasteiger partial charge in [-0.1, -0.05) is 309 Å². The van der Waals surface area contributed by atoms with Crippen molar-refractivity contribution in [3.63, 3.8) is 0 Å². The third-order valence-electron chi connectivity index (χ3n) is 14.3. The van der Waals surface area contributed by atoms with Crippen LogP contribution in [0.3, 0.4) is 0 Å². The summed E-state index contributed by atoms with van der Waals surface area (Å²) in [6, 6.07) is -0.624. The number of aliphatic hydroxyl groups excluding tert-OH is 2. The summed E-state index contributed by atoms with van der Waals surface area (Å²) in [5, 5.41) is 23.1. The minimum Gasteiger partial charge on any atom is -0.466 e. The lowest BCUT2D eigenvalue weighted by Crippen LogP contribution is -2.45. The number of allylic oxidation sites excluding steroid dienone is 1. The summed E-state index contributed by atoms with van der Waals surface area (Å²) < 4.78 is 5.48. The molecule has 0 aliphatic carbocycles. The lowest BCUT2D eigenvalue weighted by atomic mass is 10.0. The van der Waals surface area contributed by atoms with Crippen LogP contribution in [-0.4, -0.2) is 47.4 Å². The zero-order valence-corrected chi connectivity index (χ0v) is 45.4. The van der Waals surface area contributed by atoms with Crippen molar-refractivity contribution in [2.75, 3.05) is 13.2 Å². The van der Waals surface area contributed by atoms with E-state index < -0.39 is 12.1 Å². The van der Waals surface area contributed by atoms with E-state index in [4.69, 9.17) is 4.74 Å². The SMILES string of the molecule is CCCCCCCCCCCCC/C=C/C(O)C(CO)NC(=O)CCCCCCCCCCCCCCCCCCCCCCCCCCCOC(=O)CCCCCCCCCCCCCC. The van der Waals surface area contributed by atoms with E-state index in [-0.39, 0.29) is 18.5 Å². The summed E-state index contributed by atoms with van der Waals surface area (Å²) in [6.07, 6.45) is 68.2. The van der Waals surface area contributed by atoms with Crippen molar-refractivity contribution >= 4 is 11.9 Å². The Kier molecular flexibility index (Phi) is 56.0. The van der Waals surface area contributed by atoms with E-state index in [0.29, 0.717) is 19.4 Å². The summed E-state index contributed by atoms with van der Waals surface area (Å²) in [5.74, 6) is -0.0479. The lowest BCUT2D eigenvalue weighted by molar-refractivity contribution is -0.143. The van der Waals surface area contributed by atoms with E-state index in [2.05, 4.69) is 19.2 Å². The maximum atomic E-state index is 12.4. The first-order chi connectivity index (χ1) is 33.0. The highest BCUT2D eigenvalue weighted by Gasteiger charge is 2.18. The molecule has 2 atom stereocenters. The molecular weight excluding hydrogens is 827 g/mol. The Hall–Kier alpha value is -1.40. The average molecular weight is 947 g/mol. The van der Waals surface area contributed by atoms with Gasteiger partial charge in [0.05, 0.1) is 25.4 Å². The standard InChI is InChI=1S/C61H119NO5/c1-3-5-7-9-11-13-15-30-33-37-41-45-49-53-59(64)58(57-63)62-60(65)54-50-46-42-38-34-31-28-26-24-22-20-18-17-19-21-23-25-27-29-32-36-40-44-48-52-56-67-61(66)55-51-47-43-39-35-16-14-12-10-8-6-4-2/h49,53,58-59,63-64H,3-48,50-52,54-57H2,1-2H3,(H,62,65)/b53-49+. The van der Waals surface area contributed by atoms with Gasteiger partial charge in [0.1, 0.15) is 0 Å². The minimum absolute atomic E-state index is 0.0170. The highest BCUT2D eigenvalue weighted by molar-refractivity contribution is 5.76. The van der Waals surface area contributed by atoms with Gasteiger partial charge in [-0.15, -0.1) is 0 Å². The van der Waals surface area contributed by atoms with Crippen molar-refractivity contribution in [1.29, 1.82) is 0 Å². The Morgan fingerprint density at radius 2 is 0.687 bits per heavy atom. The third-order valence-corrected chi connectivity index (χ3v) is 14.3. The van der Waals surface area contributed by atoms with Crippen molar-refractivity contribution in [3.05, 3.63) is 12.2 Å². The number of aliphatic hydroxyl groups is 2. The van der Waals surface area contributed by atoms with E-state index >= 15 is 0 Å². The molecule has 6 heteroatoms. The van der Waals surface area contributed by atoms with Crippen LogP contribution in [0.1, 0.15) is 341 Å². The molecule has 2 unspecified atom stereocenters. The summed E-state index contributed by atoms with van der Waals surface area (Å²) in [6.45, 7) is 4.92. The van der Waals surface area contributed by atoms with E-state index in [1.807, 2.05) is 6.08 Å². The van der Waals surface area contributed by atoms with Crippen LogP contribution in [0.15, 0.2) is 12.2 Å². The summed E-state index contributed by atoms with van der Waals surface area (Å²) in [4.78, 5) is 24.5. The first kappa shape index (κ1) is 65.6. The molecule has 0 aliphatic heterocycles. The van der Waals surface area contributed by atoms with Gasteiger partial charge in [0.15, 0.2) is 0 Å². The highest BCUT2D eigenvalue weighted by Crippen LogP contribution is 2.18. The molecule has 67 heavy (non-hydrogen) atoms. The number of amides is 1. The zero-order valence-electron chi connectivity index (χ0n) is 45.4. The Morgan fingerprint density at radius 3 is 1.01 bits per heavy atom. The van der Waals surface area contributed by atoms with Gasteiger partial charge in [-0.2, -0.15) is 0 Å². The molecule has 0 spiro atoms. The quantitative estimate of drug-likeness (QED) is 0.0321.